The summed E-state index contributed by atoms with van der Waals surface area (Å²) >= 11 is 0. The highest BCUT2D eigenvalue weighted by Crippen LogP contribution is 2.37. The van der Waals surface area contributed by atoms with E-state index in [1.807, 2.05) is 27.7 Å². The van der Waals surface area contributed by atoms with Gasteiger partial charge in [0.05, 0.1) is 12.7 Å². The molecule has 0 spiro atoms. The van der Waals surface area contributed by atoms with Crippen LogP contribution in [-0.4, -0.2) is 42.3 Å². The lowest BCUT2D eigenvalue weighted by Gasteiger charge is -2.23. The minimum absolute atomic E-state index is 0.121. The van der Waals surface area contributed by atoms with Crippen molar-refractivity contribution in [3.63, 3.8) is 0 Å². The Hall–Kier alpha value is -1.34. The van der Waals surface area contributed by atoms with Crippen LogP contribution in [0.3, 0.4) is 0 Å². The highest BCUT2D eigenvalue weighted by molar-refractivity contribution is 5.96. The van der Waals surface area contributed by atoms with Crippen LogP contribution >= 0.6 is 0 Å². The third kappa shape index (κ3) is 3.83. The Balaban J connectivity index is 1.72. The second kappa shape index (κ2) is 6.19. The first-order valence-corrected chi connectivity index (χ1v) is 8.11. The molecule has 0 radical (unpaired) electrons. The molecule has 3 rings (SSSR count). The largest absolute Gasteiger partial charge is 0.348 e. The highest BCUT2D eigenvalue weighted by Gasteiger charge is 2.50. The van der Waals surface area contributed by atoms with Crippen molar-refractivity contribution >= 4 is 5.78 Å². The number of carbonyl (C=O) groups is 1. The second-order valence-electron chi connectivity index (χ2n) is 7.14. The lowest BCUT2D eigenvalue weighted by molar-refractivity contribution is -0.174. The van der Waals surface area contributed by atoms with Crippen LogP contribution < -0.4 is 0 Å². The molecule has 0 N–H and O–H groups in total. The predicted octanol–water partition coefficient (Wildman–Crippen LogP) is 3.07. The Kier molecular flexibility index (Phi) is 4.51. The fourth-order valence-corrected chi connectivity index (χ4v) is 3.15. The summed E-state index contributed by atoms with van der Waals surface area (Å²) in [5.41, 5.74) is 0.451. The smallest absolute Gasteiger partial charge is 0.165 e. The third-order valence-electron chi connectivity index (χ3n) is 4.17. The lowest BCUT2D eigenvalue weighted by atomic mass is 9.99. The number of rotatable bonds is 4. The molecule has 3 atom stereocenters. The van der Waals surface area contributed by atoms with Crippen LogP contribution in [0.5, 0.6) is 0 Å². The molecule has 0 saturated carbocycles. The zero-order chi connectivity index (χ0) is 17.5. The number of halogens is 1. The first-order valence-electron chi connectivity index (χ1n) is 8.11. The van der Waals surface area contributed by atoms with Crippen molar-refractivity contribution in [3.8, 4) is 0 Å². The van der Waals surface area contributed by atoms with Crippen molar-refractivity contribution in [1.29, 1.82) is 0 Å². The summed E-state index contributed by atoms with van der Waals surface area (Å²) in [7, 11) is 0. The Bertz CT molecular complexity index is 610. The van der Waals surface area contributed by atoms with Crippen LogP contribution in [0.4, 0.5) is 4.39 Å². The summed E-state index contributed by atoms with van der Waals surface area (Å²) in [4.78, 5) is 12.5. The summed E-state index contributed by atoms with van der Waals surface area (Å²) in [6.45, 7) is 7.68. The van der Waals surface area contributed by atoms with Gasteiger partial charge in [-0.2, -0.15) is 0 Å². The number of carbonyl (C=O) groups excluding carboxylic acids is 1. The van der Waals surface area contributed by atoms with Crippen LogP contribution in [0, 0.1) is 5.82 Å². The molecular weight excluding hydrogens is 315 g/mol. The lowest BCUT2D eigenvalue weighted by Crippen LogP contribution is -2.39. The molecule has 0 bridgehead atoms. The molecule has 0 amide bonds. The molecule has 5 nitrogen and oxygen atoms in total. The topological polar surface area (TPSA) is 54.0 Å². The average Bonchev–Trinajstić information content (AvgIpc) is 2.98. The quantitative estimate of drug-likeness (QED) is 0.790. The van der Waals surface area contributed by atoms with E-state index in [1.165, 1.54) is 24.3 Å². The van der Waals surface area contributed by atoms with Crippen LogP contribution in [-0.2, 0) is 18.9 Å². The zero-order valence-electron chi connectivity index (χ0n) is 14.4. The molecule has 132 valence electrons. The molecule has 2 heterocycles. The van der Waals surface area contributed by atoms with Crippen LogP contribution in [0.25, 0.3) is 0 Å². The number of Topliss-reactive ketones (excluding diaryl/α,β-unsaturated/α-hetero) is 1. The third-order valence-corrected chi connectivity index (χ3v) is 4.17. The molecule has 24 heavy (non-hydrogen) atoms. The monoisotopic (exact) mass is 338 g/mol. The maximum atomic E-state index is 13.0. The van der Waals surface area contributed by atoms with Crippen LogP contribution in [0.15, 0.2) is 24.3 Å². The van der Waals surface area contributed by atoms with Gasteiger partial charge in [-0.05, 0) is 52.0 Å². The van der Waals surface area contributed by atoms with Gasteiger partial charge in [-0.25, -0.2) is 4.39 Å². The Labute approximate surface area is 141 Å². The number of ketones is 1. The SMILES string of the molecule is CC1(C)OC[C@H]([C@H]2OC(C)(C)O[C@@H]2CC(=O)c2ccc(F)cc2)O1. The van der Waals surface area contributed by atoms with Gasteiger partial charge >= 0.3 is 0 Å². The van der Waals surface area contributed by atoms with Gasteiger partial charge in [0, 0.05) is 12.0 Å². The van der Waals surface area contributed by atoms with Crippen molar-refractivity contribution in [3.05, 3.63) is 35.6 Å². The van der Waals surface area contributed by atoms with E-state index in [0.717, 1.165) is 0 Å². The van der Waals surface area contributed by atoms with E-state index in [2.05, 4.69) is 0 Å². The van der Waals surface area contributed by atoms with E-state index in [0.29, 0.717) is 12.2 Å². The fraction of sp³-hybridized carbons (Fsp3) is 0.611. The first-order chi connectivity index (χ1) is 11.2. The van der Waals surface area contributed by atoms with Crippen molar-refractivity contribution in [2.24, 2.45) is 0 Å². The summed E-state index contributed by atoms with van der Waals surface area (Å²) in [6.07, 6.45) is -1.00. The average molecular weight is 338 g/mol. The molecule has 0 unspecified atom stereocenters. The standard InChI is InChI=1S/C18H23FO5/c1-17(2)21-10-15(23-17)16-14(22-18(3,4)24-16)9-13(20)11-5-7-12(19)8-6-11/h5-8,14-16H,9-10H2,1-4H3/t14-,15-,16+/m1/s1. The summed E-state index contributed by atoms with van der Waals surface area (Å²) in [5.74, 6) is -1.96. The maximum Gasteiger partial charge on any atom is 0.165 e. The molecule has 6 heteroatoms. The van der Waals surface area contributed by atoms with E-state index in [9.17, 15) is 9.18 Å². The normalized spacial score (nSPS) is 31.3. The van der Waals surface area contributed by atoms with E-state index in [4.69, 9.17) is 18.9 Å². The van der Waals surface area contributed by atoms with Gasteiger partial charge in [-0.15, -0.1) is 0 Å². The molecule has 2 saturated heterocycles. The van der Waals surface area contributed by atoms with Gasteiger partial charge in [-0.1, -0.05) is 0 Å². The van der Waals surface area contributed by atoms with Gasteiger partial charge in [0.15, 0.2) is 17.4 Å². The van der Waals surface area contributed by atoms with E-state index in [-0.39, 0.29) is 24.1 Å². The van der Waals surface area contributed by atoms with Crippen molar-refractivity contribution < 1.29 is 28.1 Å². The Morgan fingerprint density at radius 1 is 1.08 bits per heavy atom. The molecule has 2 aliphatic heterocycles. The maximum absolute atomic E-state index is 13.0. The number of ether oxygens (including phenoxy) is 4. The Morgan fingerprint density at radius 2 is 1.75 bits per heavy atom. The minimum atomic E-state index is -0.797. The van der Waals surface area contributed by atoms with Gasteiger partial charge < -0.3 is 18.9 Å². The number of hydrogen-bond acceptors (Lipinski definition) is 5. The molecular formula is C18H23FO5. The highest BCUT2D eigenvalue weighted by atomic mass is 19.1. The predicted molar refractivity (Wildman–Crippen MR) is 84.1 cm³/mol. The zero-order valence-corrected chi connectivity index (χ0v) is 14.4. The number of benzene rings is 1. The molecule has 2 aliphatic rings. The minimum Gasteiger partial charge on any atom is -0.348 e. The fourth-order valence-electron chi connectivity index (χ4n) is 3.15. The second-order valence-corrected chi connectivity index (χ2v) is 7.14. The van der Waals surface area contributed by atoms with Gasteiger partial charge in [0.1, 0.15) is 18.0 Å². The Morgan fingerprint density at radius 3 is 2.33 bits per heavy atom. The summed E-state index contributed by atoms with van der Waals surface area (Å²) < 4.78 is 36.3. The molecule has 1 aromatic carbocycles. The summed E-state index contributed by atoms with van der Waals surface area (Å²) in [6, 6.07) is 5.51. The van der Waals surface area contributed by atoms with Crippen molar-refractivity contribution in [1.82, 2.24) is 0 Å². The molecule has 2 fully saturated rings. The van der Waals surface area contributed by atoms with Crippen molar-refractivity contribution in [2.75, 3.05) is 6.61 Å². The molecule has 1 aromatic rings. The van der Waals surface area contributed by atoms with Crippen LogP contribution in [0.1, 0.15) is 44.5 Å². The molecule has 0 aliphatic carbocycles. The summed E-state index contributed by atoms with van der Waals surface area (Å²) in [5, 5.41) is 0. The van der Waals surface area contributed by atoms with Gasteiger partial charge in [0.2, 0.25) is 0 Å². The molecule has 0 aromatic heterocycles. The van der Waals surface area contributed by atoms with Gasteiger partial charge in [-0.3, -0.25) is 4.79 Å². The van der Waals surface area contributed by atoms with Crippen molar-refractivity contribution in [2.45, 2.75) is 64.0 Å². The van der Waals surface area contributed by atoms with Crippen LogP contribution in [0.2, 0.25) is 0 Å². The van der Waals surface area contributed by atoms with E-state index < -0.39 is 23.8 Å². The first kappa shape index (κ1) is 17.5. The van der Waals surface area contributed by atoms with E-state index in [1.54, 1.807) is 0 Å². The number of hydrogen-bond donors (Lipinski definition) is 0. The van der Waals surface area contributed by atoms with Gasteiger partial charge in [0.25, 0.3) is 0 Å². The van der Waals surface area contributed by atoms with E-state index >= 15 is 0 Å².